The molecule has 2 rings (SSSR count). The molecule has 0 fully saturated rings. The zero-order chi connectivity index (χ0) is 18.9. The molecule has 0 heterocycles. The quantitative estimate of drug-likeness (QED) is 0.618. The molecule has 0 spiro atoms. The van der Waals surface area contributed by atoms with Gasteiger partial charge < -0.3 is 15.5 Å². The van der Waals surface area contributed by atoms with E-state index >= 15 is 0 Å². The Morgan fingerprint density at radius 1 is 1.08 bits per heavy atom. The summed E-state index contributed by atoms with van der Waals surface area (Å²) >= 11 is 0. The van der Waals surface area contributed by atoms with Gasteiger partial charge in [0.1, 0.15) is 5.82 Å². The van der Waals surface area contributed by atoms with Gasteiger partial charge in [-0.3, -0.25) is 4.79 Å². The molecule has 26 heavy (non-hydrogen) atoms. The summed E-state index contributed by atoms with van der Waals surface area (Å²) in [7, 11) is 3.46. The monoisotopic (exact) mass is 356 g/mol. The van der Waals surface area contributed by atoms with Crippen LogP contribution in [-0.2, 0) is 13.1 Å². The Morgan fingerprint density at radius 2 is 1.81 bits per heavy atom. The van der Waals surface area contributed by atoms with Crippen LogP contribution in [0.5, 0.6) is 0 Å². The molecule has 0 aliphatic heterocycles. The second-order valence-electron chi connectivity index (χ2n) is 6.08. The molecule has 0 aliphatic rings. The number of carbonyl (C=O) groups excluding carboxylic acids is 1. The zero-order valence-electron chi connectivity index (χ0n) is 15.4. The fraction of sp³-hybridized carbons (Fsp3) is 0.300. The van der Waals surface area contributed by atoms with Crippen molar-refractivity contribution in [2.75, 3.05) is 20.6 Å². The van der Waals surface area contributed by atoms with Gasteiger partial charge in [0, 0.05) is 32.7 Å². The van der Waals surface area contributed by atoms with Crippen molar-refractivity contribution in [1.82, 2.24) is 15.5 Å². The highest BCUT2D eigenvalue weighted by Crippen LogP contribution is 2.07. The first-order chi connectivity index (χ1) is 12.5. The van der Waals surface area contributed by atoms with E-state index in [0.717, 1.165) is 17.7 Å². The standard InChI is InChI=1S/C20H25FN4O/c1-4-22-20(24-14-16-6-5-7-18(21)12-16)23-13-15-8-10-17(11-9-15)19(26)25(2)3/h5-12H,4,13-14H2,1-3H3,(H2,22,23,24). The minimum Gasteiger partial charge on any atom is -0.357 e. The van der Waals surface area contributed by atoms with Gasteiger partial charge in [0.15, 0.2) is 5.96 Å². The highest BCUT2D eigenvalue weighted by atomic mass is 19.1. The molecule has 6 heteroatoms. The van der Waals surface area contributed by atoms with E-state index < -0.39 is 0 Å². The molecule has 0 bridgehead atoms. The number of amides is 1. The number of carbonyl (C=O) groups is 1. The topological polar surface area (TPSA) is 56.7 Å². The molecule has 0 radical (unpaired) electrons. The number of rotatable bonds is 6. The second-order valence-corrected chi connectivity index (χ2v) is 6.08. The van der Waals surface area contributed by atoms with Gasteiger partial charge in [-0.15, -0.1) is 0 Å². The summed E-state index contributed by atoms with van der Waals surface area (Å²) in [6, 6.07) is 13.9. The molecular weight excluding hydrogens is 331 g/mol. The summed E-state index contributed by atoms with van der Waals surface area (Å²) in [6.07, 6.45) is 0. The fourth-order valence-corrected chi connectivity index (χ4v) is 2.36. The van der Waals surface area contributed by atoms with Crippen LogP contribution < -0.4 is 10.6 Å². The van der Waals surface area contributed by atoms with Gasteiger partial charge in [-0.05, 0) is 42.3 Å². The number of aliphatic imine (C=N–C) groups is 1. The summed E-state index contributed by atoms with van der Waals surface area (Å²) in [5, 5.41) is 6.41. The van der Waals surface area contributed by atoms with Gasteiger partial charge in [-0.25, -0.2) is 9.38 Å². The van der Waals surface area contributed by atoms with Gasteiger partial charge in [-0.2, -0.15) is 0 Å². The molecule has 1 amide bonds. The van der Waals surface area contributed by atoms with Gasteiger partial charge in [-0.1, -0.05) is 24.3 Å². The minimum atomic E-state index is -0.261. The van der Waals surface area contributed by atoms with Gasteiger partial charge in [0.05, 0.1) is 6.54 Å². The average molecular weight is 356 g/mol. The predicted octanol–water partition coefficient (Wildman–Crippen LogP) is 2.78. The van der Waals surface area contributed by atoms with Crippen molar-refractivity contribution >= 4 is 11.9 Å². The molecule has 2 N–H and O–H groups in total. The molecule has 0 unspecified atom stereocenters. The first-order valence-electron chi connectivity index (χ1n) is 8.57. The highest BCUT2D eigenvalue weighted by molar-refractivity contribution is 5.93. The molecule has 2 aromatic carbocycles. The van der Waals surface area contributed by atoms with E-state index in [1.807, 2.05) is 37.3 Å². The van der Waals surface area contributed by atoms with E-state index in [-0.39, 0.29) is 11.7 Å². The molecule has 5 nitrogen and oxygen atoms in total. The van der Waals surface area contributed by atoms with Crippen molar-refractivity contribution < 1.29 is 9.18 Å². The summed E-state index contributed by atoms with van der Waals surface area (Å²) in [6.45, 7) is 3.68. The molecule has 0 aromatic heterocycles. The predicted molar refractivity (Wildman–Crippen MR) is 103 cm³/mol. The Hall–Kier alpha value is -2.89. The van der Waals surface area contributed by atoms with E-state index in [1.54, 1.807) is 25.1 Å². The molecule has 0 aliphatic carbocycles. The van der Waals surface area contributed by atoms with Crippen LogP contribution in [0, 0.1) is 5.82 Å². The van der Waals surface area contributed by atoms with Crippen LogP contribution in [0.25, 0.3) is 0 Å². The number of nitrogens with one attached hydrogen (secondary N) is 2. The molecule has 0 saturated heterocycles. The summed E-state index contributed by atoms with van der Waals surface area (Å²) < 4.78 is 13.2. The van der Waals surface area contributed by atoms with E-state index in [0.29, 0.717) is 24.6 Å². The third kappa shape index (κ3) is 5.88. The normalized spacial score (nSPS) is 11.2. The van der Waals surface area contributed by atoms with Gasteiger partial charge >= 0.3 is 0 Å². The summed E-state index contributed by atoms with van der Waals surface area (Å²) in [4.78, 5) is 17.9. The van der Waals surface area contributed by atoms with Crippen LogP contribution in [0.3, 0.4) is 0 Å². The molecule has 0 saturated carbocycles. The Morgan fingerprint density at radius 3 is 2.42 bits per heavy atom. The van der Waals surface area contributed by atoms with Crippen LogP contribution >= 0.6 is 0 Å². The Kier molecular flexibility index (Phi) is 7.14. The third-order valence-electron chi connectivity index (χ3n) is 3.72. The Labute approximate surface area is 153 Å². The average Bonchev–Trinajstić information content (AvgIpc) is 2.64. The fourth-order valence-electron chi connectivity index (χ4n) is 2.36. The molecular formula is C20H25FN4O. The van der Waals surface area contributed by atoms with Crippen molar-refractivity contribution in [1.29, 1.82) is 0 Å². The second kappa shape index (κ2) is 9.56. The number of hydrogen-bond acceptors (Lipinski definition) is 2. The van der Waals surface area contributed by atoms with Crippen LogP contribution in [0.1, 0.15) is 28.4 Å². The molecule has 138 valence electrons. The zero-order valence-corrected chi connectivity index (χ0v) is 15.4. The number of halogens is 1. The van der Waals surface area contributed by atoms with Crippen LogP contribution in [-0.4, -0.2) is 37.4 Å². The van der Waals surface area contributed by atoms with Crippen molar-refractivity contribution in [2.45, 2.75) is 20.0 Å². The Bertz CT molecular complexity index is 757. The number of benzene rings is 2. The number of guanidine groups is 1. The van der Waals surface area contributed by atoms with Crippen molar-refractivity contribution in [3.63, 3.8) is 0 Å². The largest absolute Gasteiger partial charge is 0.357 e. The van der Waals surface area contributed by atoms with E-state index in [9.17, 15) is 9.18 Å². The van der Waals surface area contributed by atoms with E-state index in [2.05, 4.69) is 15.6 Å². The van der Waals surface area contributed by atoms with E-state index in [4.69, 9.17) is 0 Å². The van der Waals surface area contributed by atoms with Gasteiger partial charge in [0.25, 0.3) is 5.91 Å². The lowest BCUT2D eigenvalue weighted by molar-refractivity contribution is 0.0827. The maximum absolute atomic E-state index is 13.2. The highest BCUT2D eigenvalue weighted by Gasteiger charge is 2.07. The summed E-state index contributed by atoms with van der Waals surface area (Å²) in [5.74, 6) is 0.378. The van der Waals surface area contributed by atoms with Crippen molar-refractivity contribution in [3.8, 4) is 0 Å². The third-order valence-corrected chi connectivity index (χ3v) is 3.72. The van der Waals surface area contributed by atoms with Crippen LogP contribution in [0.2, 0.25) is 0 Å². The maximum atomic E-state index is 13.2. The lowest BCUT2D eigenvalue weighted by Crippen LogP contribution is -2.36. The summed E-state index contributed by atoms with van der Waals surface area (Å²) in [5.41, 5.74) is 2.51. The number of hydrogen-bond donors (Lipinski definition) is 2. The van der Waals surface area contributed by atoms with Crippen LogP contribution in [0.4, 0.5) is 4.39 Å². The SMILES string of the molecule is CCNC(=NCc1cccc(F)c1)NCc1ccc(C(=O)N(C)C)cc1. The lowest BCUT2D eigenvalue weighted by Gasteiger charge is -2.13. The first kappa shape index (κ1) is 19.4. The minimum absolute atomic E-state index is 0.0190. The maximum Gasteiger partial charge on any atom is 0.253 e. The van der Waals surface area contributed by atoms with Crippen molar-refractivity contribution in [2.24, 2.45) is 4.99 Å². The van der Waals surface area contributed by atoms with Crippen molar-refractivity contribution in [3.05, 3.63) is 71.0 Å². The van der Waals surface area contributed by atoms with E-state index in [1.165, 1.54) is 12.1 Å². The molecule has 2 aromatic rings. The smallest absolute Gasteiger partial charge is 0.253 e. The van der Waals surface area contributed by atoms with Gasteiger partial charge in [0.2, 0.25) is 0 Å². The Balaban J connectivity index is 1.97. The lowest BCUT2D eigenvalue weighted by atomic mass is 10.1. The number of nitrogens with zero attached hydrogens (tertiary/aromatic N) is 2. The first-order valence-corrected chi connectivity index (χ1v) is 8.57. The molecule has 0 atom stereocenters. The van der Waals surface area contributed by atoms with Crippen LogP contribution in [0.15, 0.2) is 53.5 Å².